The average molecular weight is 233 g/mol. The zero-order chi connectivity index (χ0) is 12.3. The fraction of sp³-hybridized carbons (Fsp3) is 0.538. The molecule has 4 nitrogen and oxygen atoms in total. The first-order valence-electron chi connectivity index (χ1n) is 6.14. The summed E-state index contributed by atoms with van der Waals surface area (Å²) in [5.41, 5.74) is 7.48. The summed E-state index contributed by atoms with van der Waals surface area (Å²) in [5, 5.41) is 7.75. The molecule has 0 spiro atoms. The Morgan fingerprint density at radius 1 is 1.35 bits per heavy atom. The second kappa shape index (κ2) is 5.17. The highest BCUT2D eigenvalue weighted by atomic mass is 16.5. The number of ether oxygens (including phenoxy) is 1. The molecule has 1 aliphatic carbocycles. The number of hydrogen-bond acceptors (Lipinski definition) is 4. The minimum atomic E-state index is 0.255. The number of anilines is 1. The minimum absolute atomic E-state index is 0.255. The van der Waals surface area contributed by atoms with Crippen molar-refractivity contribution in [2.24, 2.45) is 0 Å². The van der Waals surface area contributed by atoms with Crippen molar-refractivity contribution in [3.8, 4) is 5.75 Å². The molecule has 0 saturated heterocycles. The van der Waals surface area contributed by atoms with Crippen LogP contribution in [0, 0.1) is 5.41 Å². The first-order valence-corrected chi connectivity index (χ1v) is 6.14. The number of nitrogens with two attached hydrogens (primary N) is 1. The number of rotatable bonds is 3. The van der Waals surface area contributed by atoms with E-state index in [0.29, 0.717) is 22.7 Å². The highest BCUT2D eigenvalue weighted by molar-refractivity contribution is 6.03. The molecular formula is C13H19N3O. The van der Waals surface area contributed by atoms with Gasteiger partial charge < -0.3 is 15.9 Å². The van der Waals surface area contributed by atoms with E-state index >= 15 is 0 Å². The Morgan fingerprint density at radius 3 is 2.71 bits per heavy atom. The third-order valence-corrected chi connectivity index (χ3v) is 3.16. The molecule has 2 rings (SSSR count). The van der Waals surface area contributed by atoms with E-state index in [9.17, 15) is 0 Å². The molecule has 0 aliphatic heterocycles. The summed E-state index contributed by atoms with van der Waals surface area (Å²) >= 11 is 0. The predicted molar refractivity (Wildman–Crippen MR) is 68.7 cm³/mol. The van der Waals surface area contributed by atoms with E-state index in [4.69, 9.17) is 15.9 Å². The van der Waals surface area contributed by atoms with Crippen molar-refractivity contribution in [2.75, 3.05) is 5.73 Å². The molecule has 0 radical (unpaired) electrons. The largest absolute Gasteiger partial charge is 0.488 e. The van der Waals surface area contributed by atoms with Gasteiger partial charge in [0.1, 0.15) is 5.75 Å². The monoisotopic (exact) mass is 233 g/mol. The number of nitrogens with zero attached hydrogens (tertiary/aromatic N) is 1. The molecule has 17 heavy (non-hydrogen) atoms. The van der Waals surface area contributed by atoms with Crippen LogP contribution < -0.4 is 10.5 Å². The van der Waals surface area contributed by atoms with Crippen LogP contribution in [0.15, 0.2) is 12.4 Å². The lowest BCUT2D eigenvalue weighted by Crippen LogP contribution is -2.21. The Hall–Kier alpha value is -1.58. The van der Waals surface area contributed by atoms with Crippen molar-refractivity contribution >= 4 is 11.4 Å². The maximum absolute atomic E-state index is 7.75. The van der Waals surface area contributed by atoms with Gasteiger partial charge in [0.2, 0.25) is 0 Å². The predicted octanol–water partition coefficient (Wildman–Crippen LogP) is 2.76. The van der Waals surface area contributed by atoms with Gasteiger partial charge in [-0.1, -0.05) is 6.42 Å². The van der Waals surface area contributed by atoms with Gasteiger partial charge in [-0.15, -0.1) is 0 Å². The second-order valence-electron chi connectivity index (χ2n) is 4.60. The maximum Gasteiger partial charge on any atom is 0.149 e. The molecule has 1 heterocycles. The smallest absolute Gasteiger partial charge is 0.149 e. The normalized spacial score (nSPS) is 16.8. The van der Waals surface area contributed by atoms with Gasteiger partial charge in [-0.25, -0.2) is 0 Å². The van der Waals surface area contributed by atoms with Gasteiger partial charge in [-0.2, -0.15) is 0 Å². The molecule has 1 aromatic rings. The molecule has 1 aliphatic rings. The Bertz CT molecular complexity index is 411. The van der Waals surface area contributed by atoms with Crippen molar-refractivity contribution in [3.05, 3.63) is 18.0 Å². The summed E-state index contributed by atoms with van der Waals surface area (Å²) in [6.07, 6.45) is 9.41. The van der Waals surface area contributed by atoms with Crippen LogP contribution in [0.2, 0.25) is 0 Å². The molecule has 0 unspecified atom stereocenters. The van der Waals surface area contributed by atoms with Crippen molar-refractivity contribution < 1.29 is 4.74 Å². The highest BCUT2D eigenvalue weighted by Crippen LogP contribution is 2.28. The van der Waals surface area contributed by atoms with E-state index in [1.165, 1.54) is 19.3 Å². The van der Waals surface area contributed by atoms with Crippen LogP contribution in [0.1, 0.15) is 44.6 Å². The van der Waals surface area contributed by atoms with Crippen molar-refractivity contribution in [1.82, 2.24) is 4.98 Å². The van der Waals surface area contributed by atoms with E-state index in [0.717, 1.165) is 12.8 Å². The Balaban J connectivity index is 2.19. The van der Waals surface area contributed by atoms with E-state index in [2.05, 4.69) is 4.98 Å². The molecule has 1 fully saturated rings. The summed E-state index contributed by atoms with van der Waals surface area (Å²) in [6, 6.07) is 0. The van der Waals surface area contributed by atoms with Crippen LogP contribution in [-0.2, 0) is 0 Å². The van der Waals surface area contributed by atoms with Crippen LogP contribution in [0.5, 0.6) is 5.75 Å². The Morgan fingerprint density at radius 2 is 2.06 bits per heavy atom. The zero-order valence-electron chi connectivity index (χ0n) is 10.2. The van der Waals surface area contributed by atoms with Gasteiger partial charge in [-0.3, -0.25) is 4.98 Å². The van der Waals surface area contributed by atoms with E-state index in [-0.39, 0.29) is 6.10 Å². The Kier molecular flexibility index (Phi) is 3.61. The Labute approximate surface area is 102 Å². The lowest BCUT2D eigenvalue weighted by molar-refractivity contribution is 0.154. The summed E-state index contributed by atoms with van der Waals surface area (Å²) in [7, 11) is 0. The molecular weight excluding hydrogens is 214 g/mol. The topological polar surface area (TPSA) is 72.0 Å². The first-order chi connectivity index (χ1) is 8.18. The summed E-state index contributed by atoms with van der Waals surface area (Å²) in [5.74, 6) is 0.657. The number of aromatic nitrogens is 1. The number of nitrogens with one attached hydrogen (secondary N) is 1. The third-order valence-electron chi connectivity index (χ3n) is 3.16. The number of pyridine rings is 1. The molecule has 1 aromatic heterocycles. The van der Waals surface area contributed by atoms with Gasteiger partial charge in [0, 0.05) is 5.71 Å². The van der Waals surface area contributed by atoms with Crippen molar-refractivity contribution in [1.29, 1.82) is 5.41 Å². The van der Waals surface area contributed by atoms with E-state index in [1.54, 1.807) is 19.3 Å². The standard InChI is InChI=1S/C13H19N3O/c1-9(14)13-11(15)7-16-8-12(13)17-10-5-3-2-4-6-10/h7-8,10,14H,2-6,15H2,1H3. The van der Waals surface area contributed by atoms with E-state index < -0.39 is 0 Å². The molecule has 4 heteroatoms. The quantitative estimate of drug-likeness (QED) is 0.788. The number of nitrogen functional groups attached to an aromatic ring is 1. The molecule has 0 amide bonds. The van der Waals surface area contributed by atoms with Gasteiger partial charge in [0.25, 0.3) is 0 Å². The maximum atomic E-state index is 7.75. The fourth-order valence-corrected chi connectivity index (χ4v) is 2.31. The van der Waals surface area contributed by atoms with Crippen LogP contribution in [-0.4, -0.2) is 16.8 Å². The van der Waals surface area contributed by atoms with Gasteiger partial charge in [0.05, 0.1) is 29.7 Å². The summed E-state index contributed by atoms with van der Waals surface area (Å²) in [6.45, 7) is 1.72. The number of hydrogen-bond donors (Lipinski definition) is 2. The lowest BCUT2D eigenvalue weighted by atomic mass is 9.97. The van der Waals surface area contributed by atoms with E-state index in [1.807, 2.05) is 0 Å². The minimum Gasteiger partial charge on any atom is -0.488 e. The highest BCUT2D eigenvalue weighted by Gasteiger charge is 2.18. The van der Waals surface area contributed by atoms with Crippen molar-refractivity contribution in [2.45, 2.75) is 45.1 Å². The van der Waals surface area contributed by atoms with Crippen LogP contribution in [0.25, 0.3) is 0 Å². The van der Waals surface area contributed by atoms with Crippen LogP contribution in [0.4, 0.5) is 5.69 Å². The fourth-order valence-electron chi connectivity index (χ4n) is 2.31. The molecule has 0 aromatic carbocycles. The van der Waals surface area contributed by atoms with Gasteiger partial charge in [-0.05, 0) is 32.6 Å². The lowest BCUT2D eigenvalue weighted by Gasteiger charge is -2.24. The van der Waals surface area contributed by atoms with Crippen molar-refractivity contribution in [3.63, 3.8) is 0 Å². The average Bonchev–Trinajstić information content (AvgIpc) is 2.30. The first kappa shape index (κ1) is 11.9. The third kappa shape index (κ3) is 2.75. The molecule has 3 N–H and O–H groups in total. The zero-order valence-corrected chi connectivity index (χ0v) is 10.2. The van der Waals surface area contributed by atoms with Gasteiger partial charge >= 0.3 is 0 Å². The summed E-state index contributed by atoms with van der Waals surface area (Å²) < 4.78 is 5.95. The van der Waals surface area contributed by atoms with Crippen LogP contribution >= 0.6 is 0 Å². The summed E-state index contributed by atoms with van der Waals surface area (Å²) in [4.78, 5) is 4.05. The molecule has 92 valence electrons. The SMILES string of the molecule is CC(=N)c1c(N)cncc1OC1CCCCC1. The van der Waals surface area contributed by atoms with Gasteiger partial charge in [0.15, 0.2) is 0 Å². The molecule has 0 bridgehead atoms. The molecule has 0 atom stereocenters. The second-order valence-corrected chi connectivity index (χ2v) is 4.60. The molecule has 1 saturated carbocycles. The van der Waals surface area contributed by atoms with Crippen LogP contribution in [0.3, 0.4) is 0 Å².